The lowest BCUT2D eigenvalue weighted by Crippen LogP contribution is -2.54. The van der Waals surface area contributed by atoms with Crippen molar-refractivity contribution in [3.05, 3.63) is 24.2 Å². The lowest BCUT2D eigenvalue weighted by atomic mass is 10.1. The summed E-state index contributed by atoms with van der Waals surface area (Å²) in [6.45, 7) is 11.4. The summed E-state index contributed by atoms with van der Waals surface area (Å²) >= 11 is 0. The summed E-state index contributed by atoms with van der Waals surface area (Å²) in [5.41, 5.74) is -0.364. The fourth-order valence-corrected chi connectivity index (χ4v) is 3.17. The quantitative estimate of drug-likeness (QED) is 0.735. The van der Waals surface area contributed by atoms with Gasteiger partial charge in [0.1, 0.15) is 12.3 Å². The van der Waals surface area contributed by atoms with Crippen LogP contribution in [0.1, 0.15) is 59.6 Å². The largest absolute Gasteiger partial charge is 0.467 e. The molecule has 0 bridgehead atoms. The molecule has 158 valence electrons. The fourth-order valence-electron chi connectivity index (χ4n) is 3.17. The standard InChI is InChI=1S/C21H35N3O4/c1-6-16(2)24(20(26)22-21(3,4)5)15-19(25)23(13-17-9-7-11-27-17)14-18-10-8-12-28-18/h7,9,11,16,18H,6,8,10,12-15H2,1-5H3,(H,22,26)/t16-,18+/m1/s1. The molecule has 0 aliphatic carbocycles. The van der Waals surface area contributed by atoms with Crippen LogP contribution in [0.2, 0.25) is 0 Å². The molecular formula is C21H35N3O4. The van der Waals surface area contributed by atoms with Crippen molar-refractivity contribution >= 4 is 11.9 Å². The van der Waals surface area contributed by atoms with E-state index in [2.05, 4.69) is 5.32 Å². The van der Waals surface area contributed by atoms with Crippen LogP contribution in [0.5, 0.6) is 0 Å². The number of hydrogen-bond acceptors (Lipinski definition) is 4. The topological polar surface area (TPSA) is 75.0 Å². The summed E-state index contributed by atoms with van der Waals surface area (Å²) in [6.07, 6.45) is 4.38. The Morgan fingerprint density at radius 3 is 2.64 bits per heavy atom. The number of urea groups is 1. The Morgan fingerprint density at radius 1 is 1.36 bits per heavy atom. The number of hydrogen-bond donors (Lipinski definition) is 1. The maximum Gasteiger partial charge on any atom is 0.318 e. The molecular weight excluding hydrogens is 358 g/mol. The van der Waals surface area contributed by atoms with E-state index in [9.17, 15) is 9.59 Å². The number of ether oxygens (including phenoxy) is 1. The third-order valence-corrected chi connectivity index (χ3v) is 4.90. The molecule has 3 amide bonds. The lowest BCUT2D eigenvalue weighted by Gasteiger charge is -2.34. The van der Waals surface area contributed by atoms with Crippen LogP contribution in [0.15, 0.2) is 22.8 Å². The third kappa shape index (κ3) is 6.86. The molecule has 2 heterocycles. The number of nitrogens with zero attached hydrogens (tertiary/aromatic N) is 2. The van der Waals surface area contributed by atoms with Crippen LogP contribution in [0.25, 0.3) is 0 Å². The highest BCUT2D eigenvalue weighted by atomic mass is 16.5. The number of amides is 3. The molecule has 7 nitrogen and oxygen atoms in total. The van der Waals surface area contributed by atoms with Gasteiger partial charge in [-0.2, -0.15) is 0 Å². The van der Waals surface area contributed by atoms with E-state index in [1.54, 1.807) is 16.1 Å². The van der Waals surface area contributed by atoms with Crippen LogP contribution in [-0.4, -0.2) is 59.1 Å². The van der Waals surface area contributed by atoms with Crippen LogP contribution in [0.4, 0.5) is 4.79 Å². The molecule has 28 heavy (non-hydrogen) atoms. The van der Waals surface area contributed by atoms with Gasteiger partial charge in [0.15, 0.2) is 0 Å². The summed E-state index contributed by atoms with van der Waals surface area (Å²) < 4.78 is 11.2. The van der Waals surface area contributed by atoms with Crippen molar-refractivity contribution < 1.29 is 18.7 Å². The van der Waals surface area contributed by atoms with Gasteiger partial charge in [-0.25, -0.2) is 4.79 Å². The number of rotatable bonds is 8. The Hall–Kier alpha value is -2.02. The van der Waals surface area contributed by atoms with Gasteiger partial charge in [-0.15, -0.1) is 0 Å². The van der Waals surface area contributed by atoms with E-state index < -0.39 is 0 Å². The van der Waals surface area contributed by atoms with Gasteiger partial charge in [-0.1, -0.05) is 6.92 Å². The molecule has 1 aliphatic rings. The minimum atomic E-state index is -0.364. The fraction of sp³-hybridized carbons (Fsp3) is 0.714. The van der Waals surface area contributed by atoms with Crippen molar-refractivity contribution in [1.82, 2.24) is 15.1 Å². The number of furan rings is 1. The first-order valence-electron chi connectivity index (χ1n) is 10.2. The molecule has 1 saturated heterocycles. The van der Waals surface area contributed by atoms with Gasteiger partial charge in [-0.3, -0.25) is 4.79 Å². The number of carbonyl (C=O) groups is 2. The second-order valence-corrected chi connectivity index (χ2v) is 8.55. The molecule has 0 aromatic carbocycles. The highest BCUT2D eigenvalue weighted by Crippen LogP contribution is 2.17. The van der Waals surface area contributed by atoms with Crippen LogP contribution in [0, 0.1) is 0 Å². The van der Waals surface area contributed by atoms with Gasteiger partial charge in [0, 0.05) is 24.7 Å². The van der Waals surface area contributed by atoms with Crippen molar-refractivity contribution in [2.75, 3.05) is 19.7 Å². The van der Waals surface area contributed by atoms with E-state index in [-0.39, 0.29) is 36.2 Å². The van der Waals surface area contributed by atoms with Crippen molar-refractivity contribution in [3.63, 3.8) is 0 Å². The number of carbonyl (C=O) groups excluding carboxylic acids is 2. The zero-order valence-electron chi connectivity index (χ0n) is 17.9. The summed E-state index contributed by atoms with van der Waals surface area (Å²) in [6, 6.07) is 3.41. The van der Waals surface area contributed by atoms with Crippen LogP contribution in [0.3, 0.4) is 0 Å². The van der Waals surface area contributed by atoms with Crippen molar-refractivity contribution in [2.24, 2.45) is 0 Å². The first-order chi connectivity index (χ1) is 13.2. The van der Waals surface area contributed by atoms with E-state index in [0.717, 1.165) is 31.6 Å². The summed E-state index contributed by atoms with van der Waals surface area (Å²) in [5.74, 6) is 0.622. The average Bonchev–Trinajstić information content (AvgIpc) is 3.30. The van der Waals surface area contributed by atoms with Gasteiger partial charge in [-0.05, 0) is 59.1 Å². The Kier molecular flexibility index (Phi) is 7.92. The molecule has 0 unspecified atom stereocenters. The number of nitrogens with one attached hydrogen (secondary N) is 1. The molecule has 1 aromatic heterocycles. The molecule has 0 radical (unpaired) electrons. The smallest absolute Gasteiger partial charge is 0.318 e. The van der Waals surface area contributed by atoms with Crippen molar-refractivity contribution in [2.45, 2.75) is 78.1 Å². The van der Waals surface area contributed by atoms with Gasteiger partial charge < -0.3 is 24.3 Å². The van der Waals surface area contributed by atoms with E-state index in [1.807, 2.05) is 46.8 Å². The minimum absolute atomic E-state index is 0.0321. The summed E-state index contributed by atoms with van der Waals surface area (Å²) in [5, 5.41) is 2.97. The van der Waals surface area contributed by atoms with Gasteiger partial charge in [0.05, 0.1) is 18.9 Å². The van der Waals surface area contributed by atoms with Crippen molar-refractivity contribution in [3.8, 4) is 0 Å². The predicted octanol–water partition coefficient (Wildman–Crippen LogP) is 3.40. The SMILES string of the molecule is CC[C@@H](C)N(CC(=O)N(Cc1ccco1)C[C@@H]1CCCO1)C(=O)NC(C)(C)C. The van der Waals surface area contributed by atoms with Gasteiger partial charge >= 0.3 is 6.03 Å². The molecule has 1 aliphatic heterocycles. The average molecular weight is 394 g/mol. The van der Waals surface area contributed by atoms with E-state index >= 15 is 0 Å². The maximum atomic E-state index is 13.2. The second kappa shape index (κ2) is 9.96. The Morgan fingerprint density at radius 2 is 2.11 bits per heavy atom. The molecule has 1 aromatic rings. The third-order valence-electron chi connectivity index (χ3n) is 4.90. The van der Waals surface area contributed by atoms with Crippen LogP contribution < -0.4 is 5.32 Å². The molecule has 1 N–H and O–H groups in total. The van der Waals surface area contributed by atoms with E-state index in [0.29, 0.717) is 13.1 Å². The highest BCUT2D eigenvalue weighted by molar-refractivity contribution is 5.84. The zero-order valence-corrected chi connectivity index (χ0v) is 17.9. The first kappa shape index (κ1) is 22.3. The highest BCUT2D eigenvalue weighted by Gasteiger charge is 2.29. The second-order valence-electron chi connectivity index (χ2n) is 8.55. The molecule has 7 heteroatoms. The van der Waals surface area contributed by atoms with E-state index in [1.165, 1.54) is 0 Å². The Bertz CT molecular complexity index is 618. The molecule has 2 atom stereocenters. The Balaban J connectivity index is 2.11. The molecule has 2 rings (SSSR count). The van der Waals surface area contributed by atoms with E-state index in [4.69, 9.17) is 9.15 Å². The molecule has 0 saturated carbocycles. The van der Waals surface area contributed by atoms with Crippen molar-refractivity contribution in [1.29, 1.82) is 0 Å². The van der Waals surface area contributed by atoms with Crippen LogP contribution >= 0.6 is 0 Å². The summed E-state index contributed by atoms with van der Waals surface area (Å²) in [7, 11) is 0. The molecule has 1 fully saturated rings. The first-order valence-corrected chi connectivity index (χ1v) is 10.2. The predicted molar refractivity (Wildman–Crippen MR) is 108 cm³/mol. The minimum Gasteiger partial charge on any atom is -0.467 e. The van der Waals surface area contributed by atoms with Gasteiger partial charge in [0.25, 0.3) is 0 Å². The normalized spacial score (nSPS) is 18.0. The molecule has 0 spiro atoms. The maximum absolute atomic E-state index is 13.2. The lowest BCUT2D eigenvalue weighted by molar-refractivity contribution is -0.134. The van der Waals surface area contributed by atoms with Crippen LogP contribution in [-0.2, 0) is 16.1 Å². The Labute approximate surface area is 168 Å². The monoisotopic (exact) mass is 393 g/mol. The van der Waals surface area contributed by atoms with Gasteiger partial charge in [0.2, 0.25) is 5.91 Å². The zero-order chi connectivity index (χ0) is 20.7. The summed E-state index contributed by atoms with van der Waals surface area (Å²) in [4.78, 5) is 29.3.